The van der Waals surface area contributed by atoms with Crippen LogP contribution in [0.2, 0.25) is 0 Å². The fourth-order valence-corrected chi connectivity index (χ4v) is 1.69. The Balaban J connectivity index is 2.63. The standard InChI is InChI=1S/C16H24N2O4/c1-4-12(2)17-16(20)13-7-5-6-8-14(13)18-15(19)11-22-10-9-21-3/h5-8,12H,4,9-11H2,1-3H3,(H,17,20)(H,18,19). The summed E-state index contributed by atoms with van der Waals surface area (Å²) in [6, 6.07) is 6.98. The third-order valence-corrected chi connectivity index (χ3v) is 3.10. The molecule has 0 spiro atoms. The fourth-order valence-electron chi connectivity index (χ4n) is 1.69. The summed E-state index contributed by atoms with van der Waals surface area (Å²) in [7, 11) is 1.57. The van der Waals surface area contributed by atoms with E-state index in [2.05, 4.69) is 10.6 Å². The lowest BCUT2D eigenvalue weighted by atomic mass is 10.1. The lowest BCUT2D eigenvalue weighted by molar-refractivity contribution is -0.121. The highest BCUT2D eigenvalue weighted by Gasteiger charge is 2.14. The molecule has 22 heavy (non-hydrogen) atoms. The molecule has 0 fully saturated rings. The number of para-hydroxylation sites is 1. The number of amides is 2. The molecule has 1 aromatic carbocycles. The molecule has 0 saturated heterocycles. The highest BCUT2D eigenvalue weighted by molar-refractivity contribution is 6.04. The second-order valence-electron chi connectivity index (χ2n) is 4.92. The quantitative estimate of drug-likeness (QED) is 0.682. The zero-order valence-corrected chi connectivity index (χ0v) is 13.3. The maximum Gasteiger partial charge on any atom is 0.253 e. The summed E-state index contributed by atoms with van der Waals surface area (Å²) in [4.78, 5) is 24.0. The number of hydrogen-bond acceptors (Lipinski definition) is 4. The first kappa shape index (κ1) is 18.1. The van der Waals surface area contributed by atoms with Crippen molar-refractivity contribution >= 4 is 17.5 Å². The second kappa shape index (κ2) is 9.92. The minimum atomic E-state index is -0.306. The Morgan fingerprint density at radius 2 is 1.95 bits per heavy atom. The average molecular weight is 308 g/mol. The summed E-state index contributed by atoms with van der Waals surface area (Å²) in [5.41, 5.74) is 0.914. The van der Waals surface area contributed by atoms with Gasteiger partial charge in [0.05, 0.1) is 24.5 Å². The normalized spacial score (nSPS) is 11.8. The number of anilines is 1. The Morgan fingerprint density at radius 1 is 1.23 bits per heavy atom. The first-order valence-corrected chi connectivity index (χ1v) is 7.34. The predicted molar refractivity (Wildman–Crippen MR) is 85.0 cm³/mol. The molecule has 0 saturated carbocycles. The van der Waals surface area contributed by atoms with Crippen LogP contribution in [0.3, 0.4) is 0 Å². The first-order chi connectivity index (χ1) is 10.6. The van der Waals surface area contributed by atoms with Crippen LogP contribution in [0.1, 0.15) is 30.6 Å². The van der Waals surface area contributed by atoms with Crippen molar-refractivity contribution in [2.45, 2.75) is 26.3 Å². The third kappa shape index (κ3) is 6.24. The largest absolute Gasteiger partial charge is 0.382 e. The van der Waals surface area contributed by atoms with Gasteiger partial charge in [-0.25, -0.2) is 0 Å². The van der Waals surface area contributed by atoms with Gasteiger partial charge in [0.2, 0.25) is 5.91 Å². The van der Waals surface area contributed by atoms with E-state index in [-0.39, 0.29) is 24.5 Å². The highest BCUT2D eigenvalue weighted by Crippen LogP contribution is 2.15. The molecule has 1 rings (SSSR count). The van der Waals surface area contributed by atoms with Gasteiger partial charge in [0, 0.05) is 13.2 Å². The molecule has 0 aromatic heterocycles. The molecule has 0 aliphatic heterocycles. The Kier molecular flexibility index (Phi) is 8.17. The number of nitrogens with one attached hydrogen (secondary N) is 2. The molecule has 0 heterocycles. The molecular formula is C16H24N2O4. The lowest BCUT2D eigenvalue weighted by Gasteiger charge is -2.14. The predicted octanol–water partition coefficient (Wildman–Crippen LogP) is 1.82. The Bertz CT molecular complexity index is 491. The van der Waals surface area contributed by atoms with Gasteiger partial charge in [0.25, 0.3) is 5.91 Å². The van der Waals surface area contributed by atoms with E-state index in [0.29, 0.717) is 24.5 Å². The summed E-state index contributed by atoms with van der Waals surface area (Å²) >= 11 is 0. The van der Waals surface area contributed by atoms with E-state index in [0.717, 1.165) is 6.42 Å². The molecule has 122 valence electrons. The van der Waals surface area contributed by atoms with Gasteiger partial charge in [-0.15, -0.1) is 0 Å². The molecule has 0 aliphatic rings. The van der Waals surface area contributed by atoms with E-state index in [9.17, 15) is 9.59 Å². The van der Waals surface area contributed by atoms with Crippen molar-refractivity contribution in [1.82, 2.24) is 5.32 Å². The minimum absolute atomic E-state index is 0.0774. The number of methoxy groups -OCH3 is 1. The average Bonchev–Trinajstić information content (AvgIpc) is 2.51. The van der Waals surface area contributed by atoms with Crippen molar-refractivity contribution in [1.29, 1.82) is 0 Å². The van der Waals surface area contributed by atoms with Crippen molar-refractivity contribution in [3.8, 4) is 0 Å². The zero-order chi connectivity index (χ0) is 16.4. The maximum atomic E-state index is 12.2. The molecule has 0 aliphatic carbocycles. The van der Waals surface area contributed by atoms with Crippen LogP contribution in [-0.2, 0) is 14.3 Å². The number of carbonyl (C=O) groups excluding carboxylic acids is 2. The molecule has 6 heteroatoms. The highest BCUT2D eigenvalue weighted by atomic mass is 16.5. The Hall–Kier alpha value is -1.92. The number of benzene rings is 1. The van der Waals surface area contributed by atoms with Crippen LogP contribution in [-0.4, -0.2) is 44.8 Å². The molecule has 1 unspecified atom stereocenters. The Labute approximate surface area is 131 Å². The van der Waals surface area contributed by atoms with Gasteiger partial charge in [-0.2, -0.15) is 0 Å². The summed E-state index contributed by atoms with van der Waals surface area (Å²) in [5.74, 6) is -0.509. The molecule has 2 amide bonds. The molecule has 0 bridgehead atoms. The molecule has 1 aromatic rings. The van der Waals surface area contributed by atoms with E-state index in [1.807, 2.05) is 13.8 Å². The monoisotopic (exact) mass is 308 g/mol. The minimum Gasteiger partial charge on any atom is -0.382 e. The van der Waals surface area contributed by atoms with Crippen molar-refractivity contribution in [3.05, 3.63) is 29.8 Å². The number of hydrogen-bond donors (Lipinski definition) is 2. The second-order valence-corrected chi connectivity index (χ2v) is 4.92. The van der Waals surface area contributed by atoms with Crippen LogP contribution in [0.5, 0.6) is 0 Å². The fraction of sp³-hybridized carbons (Fsp3) is 0.500. The molecule has 0 radical (unpaired) electrons. The van der Waals surface area contributed by atoms with Crippen molar-refractivity contribution < 1.29 is 19.1 Å². The van der Waals surface area contributed by atoms with Crippen LogP contribution >= 0.6 is 0 Å². The third-order valence-electron chi connectivity index (χ3n) is 3.10. The summed E-state index contributed by atoms with van der Waals surface area (Å²) in [5, 5.41) is 5.58. The lowest BCUT2D eigenvalue weighted by Crippen LogP contribution is -2.32. The number of ether oxygens (including phenoxy) is 2. The van der Waals surface area contributed by atoms with Crippen LogP contribution in [0.4, 0.5) is 5.69 Å². The van der Waals surface area contributed by atoms with Crippen molar-refractivity contribution in [3.63, 3.8) is 0 Å². The van der Waals surface area contributed by atoms with Crippen LogP contribution in [0.15, 0.2) is 24.3 Å². The molecule has 2 N–H and O–H groups in total. The zero-order valence-electron chi connectivity index (χ0n) is 13.3. The van der Waals surface area contributed by atoms with Gasteiger partial charge >= 0.3 is 0 Å². The van der Waals surface area contributed by atoms with Crippen LogP contribution in [0.25, 0.3) is 0 Å². The number of carbonyl (C=O) groups is 2. The first-order valence-electron chi connectivity index (χ1n) is 7.34. The van der Waals surface area contributed by atoms with Gasteiger partial charge in [0.15, 0.2) is 0 Å². The topological polar surface area (TPSA) is 76.7 Å². The molecule has 6 nitrogen and oxygen atoms in total. The van der Waals surface area contributed by atoms with Gasteiger partial charge in [-0.3, -0.25) is 9.59 Å². The van der Waals surface area contributed by atoms with Crippen LogP contribution in [0, 0.1) is 0 Å². The Morgan fingerprint density at radius 3 is 2.64 bits per heavy atom. The van der Waals surface area contributed by atoms with E-state index >= 15 is 0 Å². The van der Waals surface area contributed by atoms with Gasteiger partial charge in [-0.05, 0) is 25.5 Å². The number of rotatable bonds is 9. The van der Waals surface area contributed by atoms with E-state index < -0.39 is 0 Å². The summed E-state index contributed by atoms with van der Waals surface area (Å²) in [6.07, 6.45) is 0.841. The van der Waals surface area contributed by atoms with E-state index in [1.165, 1.54) is 0 Å². The van der Waals surface area contributed by atoms with E-state index in [4.69, 9.17) is 9.47 Å². The summed E-state index contributed by atoms with van der Waals surface area (Å²) < 4.78 is 9.98. The maximum absolute atomic E-state index is 12.2. The van der Waals surface area contributed by atoms with Crippen molar-refractivity contribution in [2.75, 3.05) is 32.2 Å². The molecule has 1 atom stereocenters. The van der Waals surface area contributed by atoms with Crippen molar-refractivity contribution in [2.24, 2.45) is 0 Å². The SMILES string of the molecule is CCC(C)NC(=O)c1ccccc1NC(=O)COCCOC. The van der Waals surface area contributed by atoms with E-state index in [1.54, 1.807) is 31.4 Å². The molecular weight excluding hydrogens is 284 g/mol. The summed E-state index contributed by atoms with van der Waals surface area (Å²) in [6.45, 7) is 4.63. The van der Waals surface area contributed by atoms with Gasteiger partial charge in [-0.1, -0.05) is 19.1 Å². The van der Waals surface area contributed by atoms with Gasteiger partial charge in [0.1, 0.15) is 6.61 Å². The van der Waals surface area contributed by atoms with Gasteiger partial charge < -0.3 is 20.1 Å². The van der Waals surface area contributed by atoms with Crippen LogP contribution < -0.4 is 10.6 Å². The smallest absolute Gasteiger partial charge is 0.253 e.